The average molecular weight is 264 g/mol. The second-order valence-electron chi connectivity index (χ2n) is 2.62. The molecule has 1 saturated heterocycles. The molecule has 0 aromatic carbocycles. The Hall–Kier alpha value is -0.430. The molecule has 0 aliphatic carbocycles. The maximum absolute atomic E-state index is 11.0. The topological polar surface area (TPSA) is 52.6 Å². The van der Waals surface area contributed by atoms with Gasteiger partial charge >= 0.3 is 0 Å². The van der Waals surface area contributed by atoms with Crippen LogP contribution in [0.2, 0.25) is 0 Å². The lowest BCUT2D eigenvalue weighted by molar-refractivity contribution is -0.165. The maximum Gasteiger partial charge on any atom is 0.261 e. The number of nitrogens with one attached hydrogen (secondary N) is 1. The normalized spacial score (nSPS) is 23.8. The highest BCUT2D eigenvalue weighted by Crippen LogP contribution is 2.28. The predicted molar refractivity (Wildman–Crippen MR) is 51.4 cm³/mol. The van der Waals surface area contributed by atoms with E-state index in [9.17, 15) is 10.0 Å². The Labute approximate surface area is 88.7 Å². The van der Waals surface area contributed by atoms with Crippen LogP contribution in [0.15, 0.2) is 15.9 Å². The number of hydrogen-bond acceptors (Lipinski definition) is 4. The van der Waals surface area contributed by atoms with E-state index in [4.69, 9.17) is 1.37 Å². The Morgan fingerprint density at radius 2 is 2.69 bits per heavy atom. The van der Waals surface area contributed by atoms with E-state index in [1.165, 1.54) is 11.3 Å². The van der Waals surface area contributed by atoms with Crippen molar-refractivity contribution in [3.05, 3.63) is 20.8 Å². The number of hydrogen-bond donors (Lipinski definition) is 2. The maximum atomic E-state index is 11.0. The molecule has 1 aliphatic rings. The van der Waals surface area contributed by atoms with Gasteiger partial charge < -0.3 is 0 Å². The summed E-state index contributed by atoms with van der Waals surface area (Å²) in [6.45, 7) is 0.129. The Bertz CT molecular complexity index is 364. The molecule has 2 rings (SSSR count). The molecule has 0 spiro atoms. The number of carbonyl (C=O) groups excluding carboxylic acids is 1. The monoisotopic (exact) mass is 263 g/mol. The van der Waals surface area contributed by atoms with Gasteiger partial charge in [0, 0.05) is 14.7 Å². The van der Waals surface area contributed by atoms with Crippen LogP contribution in [0.1, 0.15) is 12.4 Å². The van der Waals surface area contributed by atoms with Crippen molar-refractivity contribution in [1.29, 1.82) is 0 Å². The predicted octanol–water partition coefficient (Wildman–Crippen LogP) is 1.33. The van der Waals surface area contributed by atoms with E-state index in [0.717, 1.165) is 4.88 Å². The van der Waals surface area contributed by atoms with Crippen LogP contribution in [0.5, 0.6) is 0 Å². The van der Waals surface area contributed by atoms with Gasteiger partial charge in [0.2, 0.25) is 0 Å². The first kappa shape index (κ1) is 7.93. The van der Waals surface area contributed by atoms with Crippen molar-refractivity contribution in [2.24, 2.45) is 0 Å². The van der Waals surface area contributed by atoms with Crippen molar-refractivity contribution >= 4 is 33.2 Å². The van der Waals surface area contributed by atoms with Crippen LogP contribution in [0.25, 0.3) is 0 Å². The Morgan fingerprint density at radius 3 is 3.15 bits per heavy atom. The molecule has 1 aliphatic heterocycles. The molecule has 4 nitrogen and oxygen atoms in total. The minimum absolute atomic E-state index is 0.129. The first-order valence-electron chi connectivity index (χ1n) is 4.09. The van der Waals surface area contributed by atoms with Gasteiger partial charge in [0.15, 0.2) is 0 Å². The molecule has 70 valence electrons. The summed E-state index contributed by atoms with van der Waals surface area (Å²) in [5, 5.41) is 13.3. The number of amides is 1. The highest BCUT2D eigenvalue weighted by atomic mass is 79.9. The summed E-state index contributed by atoms with van der Waals surface area (Å²) >= 11 is 4.43. The zero-order valence-electron chi connectivity index (χ0n) is 7.45. The van der Waals surface area contributed by atoms with Gasteiger partial charge in [-0.1, -0.05) is 0 Å². The Balaban J connectivity index is 2.28. The molecule has 2 N–H and O–H groups in total. The first-order valence-corrected chi connectivity index (χ1v) is 5.20. The number of carbonyl (C=O) groups is 1. The van der Waals surface area contributed by atoms with E-state index in [-0.39, 0.29) is 12.5 Å². The summed E-state index contributed by atoms with van der Waals surface area (Å²) < 4.78 is 8.15. The third kappa shape index (κ3) is 1.62. The molecular weight excluding hydrogens is 256 g/mol. The van der Waals surface area contributed by atoms with Crippen molar-refractivity contribution < 1.29 is 11.4 Å². The summed E-state index contributed by atoms with van der Waals surface area (Å²) in [6.07, 6.45) is -0.511. The smallest absolute Gasteiger partial charge is 0.261 e. The molecule has 0 saturated carbocycles. The zero-order valence-corrected chi connectivity index (χ0v) is 8.85. The molecule has 13 heavy (non-hydrogen) atoms. The standard InChI is InChI=1S/C7H7BrN2O2S/c8-4-1-5(13-3-4)7-9-2-6(11)10(7)12/h1,3,7,9,12H,2H2/i3D. The first-order chi connectivity index (χ1) is 6.59. The Kier molecular flexibility index (Phi) is 2.06. The summed E-state index contributed by atoms with van der Waals surface area (Å²) in [7, 11) is 0. The highest BCUT2D eigenvalue weighted by molar-refractivity contribution is 9.10. The van der Waals surface area contributed by atoms with E-state index in [1.807, 2.05) is 0 Å². The fraction of sp³-hybridized carbons (Fsp3) is 0.286. The van der Waals surface area contributed by atoms with Gasteiger partial charge in [-0.25, -0.2) is 5.06 Å². The van der Waals surface area contributed by atoms with Crippen LogP contribution in [-0.2, 0) is 4.79 Å². The molecular formula is C7H7BrN2O2S. The molecule has 2 heterocycles. The second kappa shape index (κ2) is 3.38. The second-order valence-corrected chi connectivity index (χ2v) is 4.35. The lowest BCUT2D eigenvalue weighted by Crippen LogP contribution is -2.25. The van der Waals surface area contributed by atoms with Gasteiger partial charge in [-0.15, -0.1) is 11.3 Å². The van der Waals surface area contributed by atoms with E-state index in [2.05, 4.69) is 21.2 Å². The van der Waals surface area contributed by atoms with Crippen molar-refractivity contribution in [3.8, 4) is 0 Å². The van der Waals surface area contributed by atoms with Crippen molar-refractivity contribution in [2.75, 3.05) is 6.54 Å². The van der Waals surface area contributed by atoms with Crippen molar-refractivity contribution in [2.45, 2.75) is 6.17 Å². The third-order valence-corrected chi connectivity index (χ3v) is 3.34. The van der Waals surface area contributed by atoms with Crippen LogP contribution < -0.4 is 5.32 Å². The van der Waals surface area contributed by atoms with Gasteiger partial charge in [-0.05, 0) is 22.0 Å². The van der Waals surface area contributed by atoms with Crippen molar-refractivity contribution in [3.63, 3.8) is 0 Å². The van der Waals surface area contributed by atoms with Gasteiger partial charge in [-0.2, -0.15) is 0 Å². The number of halogens is 1. The SMILES string of the molecule is [2H]c1sc(C2NCC(=O)N2O)cc1Br. The number of hydroxylamine groups is 2. The van der Waals surface area contributed by atoms with Gasteiger partial charge in [-0.3, -0.25) is 15.3 Å². The third-order valence-electron chi connectivity index (χ3n) is 1.75. The van der Waals surface area contributed by atoms with E-state index >= 15 is 0 Å². The quantitative estimate of drug-likeness (QED) is 0.752. The average Bonchev–Trinajstić information content (AvgIpc) is 2.61. The molecule has 0 radical (unpaired) electrons. The Morgan fingerprint density at radius 1 is 1.92 bits per heavy atom. The molecule has 0 bridgehead atoms. The fourth-order valence-corrected chi connectivity index (χ4v) is 2.53. The van der Waals surface area contributed by atoms with Crippen LogP contribution in [0.4, 0.5) is 0 Å². The molecule has 1 unspecified atom stereocenters. The van der Waals surface area contributed by atoms with Crippen molar-refractivity contribution in [1.82, 2.24) is 10.4 Å². The summed E-state index contributed by atoms with van der Waals surface area (Å²) in [5.41, 5.74) is 0. The van der Waals surface area contributed by atoms with Gasteiger partial charge in [0.05, 0.1) is 7.92 Å². The van der Waals surface area contributed by atoms with Gasteiger partial charge in [0.25, 0.3) is 5.91 Å². The van der Waals surface area contributed by atoms with Gasteiger partial charge in [0.1, 0.15) is 6.17 Å². The van der Waals surface area contributed by atoms with E-state index < -0.39 is 6.17 Å². The largest absolute Gasteiger partial charge is 0.284 e. The molecule has 1 atom stereocenters. The zero-order chi connectivity index (χ0) is 10.3. The summed E-state index contributed by atoms with van der Waals surface area (Å²) in [5.74, 6) is -0.356. The lowest BCUT2D eigenvalue weighted by Gasteiger charge is -2.14. The molecule has 1 aromatic rings. The lowest BCUT2D eigenvalue weighted by atomic mass is 10.4. The van der Waals surface area contributed by atoms with Crippen LogP contribution in [-0.4, -0.2) is 22.7 Å². The fourth-order valence-electron chi connectivity index (χ4n) is 1.14. The minimum Gasteiger partial charge on any atom is -0.284 e. The summed E-state index contributed by atoms with van der Waals surface area (Å²) in [4.78, 5) is 11.8. The number of thiophene rings is 1. The number of rotatable bonds is 1. The minimum atomic E-state index is -0.511. The van der Waals surface area contributed by atoms with Crippen LogP contribution in [0, 0.1) is 0 Å². The highest BCUT2D eigenvalue weighted by Gasteiger charge is 2.31. The molecule has 6 heteroatoms. The molecule has 1 aromatic heterocycles. The molecule has 1 fully saturated rings. The molecule has 1 amide bonds. The number of nitrogens with zero attached hydrogens (tertiary/aromatic N) is 1. The summed E-state index contributed by atoms with van der Waals surface area (Å²) in [6, 6.07) is 1.73. The van der Waals surface area contributed by atoms with E-state index in [1.54, 1.807) is 6.07 Å². The van der Waals surface area contributed by atoms with Crippen LogP contribution >= 0.6 is 27.3 Å². The van der Waals surface area contributed by atoms with E-state index in [0.29, 0.717) is 14.9 Å². The van der Waals surface area contributed by atoms with Crippen LogP contribution in [0.3, 0.4) is 0 Å².